The predicted molar refractivity (Wildman–Crippen MR) is 134 cm³/mol. The van der Waals surface area contributed by atoms with Crippen LogP contribution in [0.25, 0.3) is 0 Å². The molecule has 3 rings (SSSR count). The molecule has 1 atom stereocenters. The molecular weight excluding hydrogens is 468 g/mol. The third-order valence-electron chi connectivity index (χ3n) is 5.15. The number of rotatable bonds is 10. The smallest absolute Gasteiger partial charge is 0.247 e. The average molecular weight is 497 g/mol. The lowest BCUT2D eigenvalue weighted by Crippen LogP contribution is -2.45. The summed E-state index contributed by atoms with van der Waals surface area (Å²) in [4.78, 5) is 44.7. The minimum atomic E-state index is -0.936. The second kappa shape index (κ2) is 12.2. The maximum Gasteiger partial charge on any atom is 0.247 e. The molecule has 0 fully saturated rings. The van der Waals surface area contributed by atoms with Crippen molar-refractivity contribution in [2.75, 3.05) is 5.32 Å². The first-order chi connectivity index (χ1) is 16.7. The van der Waals surface area contributed by atoms with Crippen LogP contribution in [-0.4, -0.2) is 33.6 Å². The molecule has 3 aromatic rings. The Morgan fingerprint density at radius 3 is 2.46 bits per heavy atom. The SMILES string of the molecule is Cc1ccnc(NC(=O)CCC(=O)N(Cc2ccco2)C(C(=O)NC(C)C)c2ccc(Cl)cc2)c1. The highest BCUT2D eigenvalue weighted by atomic mass is 35.5. The van der Waals surface area contributed by atoms with Crippen molar-refractivity contribution in [2.45, 2.75) is 52.2 Å². The van der Waals surface area contributed by atoms with Crippen molar-refractivity contribution in [3.05, 3.63) is 82.9 Å². The van der Waals surface area contributed by atoms with E-state index < -0.39 is 6.04 Å². The molecular formula is C26H29ClN4O4. The largest absolute Gasteiger partial charge is 0.467 e. The molecule has 0 radical (unpaired) electrons. The van der Waals surface area contributed by atoms with E-state index in [0.717, 1.165) is 5.56 Å². The fourth-order valence-corrected chi connectivity index (χ4v) is 3.68. The first-order valence-electron chi connectivity index (χ1n) is 11.3. The second-order valence-electron chi connectivity index (χ2n) is 8.48. The van der Waals surface area contributed by atoms with Crippen LogP contribution in [0.2, 0.25) is 5.02 Å². The zero-order valence-corrected chi connectivity index (χ0v) is 20.7. The maximum absolute atomic E-state index is 13.4. The normalized spacial score (nSPS) is 11.7. The molecule has 0 aliphatic rings. The van der Waals surface area contributed by atoms with E-state index in [4.69, 9.17) is 16.0 Å². The van der Waals surface area contributed by atoms with E-state index in [1.165, 1.54) is 11.2 Å². The summed E-state index contributed by atoms with van der Waals surface area (Å²) in [5, 5.41) is 6.11. The summed E-state index contributed by atoms with van der Waals surface area (Å²) in [5.74, 6) is -0.111. The Balaban J connectivity index is 1.83. The van der Waals surface area contributed by atoms with Gasteiger partial charge in [0.25, 0.3) is 0 Å². The van der Waals surface area contributed by atoms with E-state index >= 15 is 0 Å². The first kappa shape index (κ1) is 26.0. The lowest BCUT2D eigenvalue weighted by atomic mass is 10.0. The van der Waals surface area contributed by atoms with Crippen molar-refractivity contribution in [3.8, 4) is 0 Å². The van der Waals surface area contributed by atoms with Crippen LogP contribution in [0.3, 0.4) is 0 Å². The summed E-state index contributed by atoms with van der Waals surface area (Å²) in [6.45, 7) is 5.65. The fourth-order valence-electron chi connectivity index (χ4n) is 3.55. The Bertz CT molecular complexity index is 1150. The highest BCUT2D eigenvalue weighted by Gasteiger charge is 2.32. The summed E-state index contributed by atoms with van der Waals surface area (Å²) >= 11 is 6.05. The lowest BCUT2D eigenvalue weighted by molar-refractivity contribution is -0.142. The number of hydrogen-bond donors (Lipinski definition) is 2. The maximum atomic E-state index is 13.4. The minimum Gasteiger partial charge on any atom is -0.467 e. The van der Waals surface area contributed by atoms with Crippen LogP contribution in [0.5, 0.6) is 0 Å². The van der Waals surface area contributed by atoms with Gasteiger partial charge in [-0.05, 0) is 68.3 Å². The molecule has 8 nitrogen and oxygen atoms in total. The number of carbonyl (C=O) groups is 3. The van der Waals surface area contributed by atoms with Crippen molar-refractivity contribution < 1.29 is 18.8 Å². The van der Waals surface area contributed by atoms with Gasteiger partial charge in [0.2, 0.25) is 17.7 Å². The molecule has 2 aromatic heterocycles. The third kappa shape index (κ3) is 7.68. The molecule has 9 heteroatoms. The Morgan fingerprint density at radius 1 is 1.09 bits per heavy atom. The lowest BCUT2D eigenvalue weighted by Gasteiger charge is -2.31. The number of amides is 3. The van der Waals surface area contributed by atoms with E-state index in [0.29, 0.717) is 22.2 Å². The highest BCUT2D eigenvalue weighted by Crippen LogP contribution is 2.26. The topological polar surface area (TPSA) is 105 Å². The molecule has 0 saturated carbocycles. The third-order valence-corrected chi connectivity index (χ3v) is 5.40. The molecule has 1 aromatic carbocycles. The number of halogens is 1. The molecule has 0 spiro atoms. The molecule has 184 valence electrons. The summed E-state index contributed by atoms with van der Waals surface area (Å²) in [7, 11) is 0. The number of anilines is 1. The van der Waals surface area contributed by atoms with E-state index in [-0.39, 0.29) is 43.1 Å². The van der Waals surface area contributed by atoms with Crippen molar-refractivity contribution in [1.82, 2.24) is 15.2 Å². The van der Waals surface area contributed by atoms with Gasteiger partial charge in [-0.2, -0.15) is 0 Å². The van der Waals surface area contributed by atoms with Crippen LogP contribution in [0.4, 0.5) is 5.82 Å². The molecule has 0 aliphatic carbocycles. The number of nitrogens with one attached hydrogen (secondary N) is 2. The van der Waals surface area contributed by atoms with Gasteiger partial charge >= 0.3 is 0 Å². The average Bonchev–Trinajstić information content (AvgIpc) is 3.31. The number of aryl methyl sites for hydroxylation is 1. The summed E-state index contributed by atoms with van der Waals surface area (Å²) < 4.78 is 5.46. The van der Waals surface area contributed by atoms with Crippen molar-refractivity contribution in [2.24, 2.45) is 0 Å². The minimum absolute atomic E-state index is 0.0612. The molecule has 2 heterocycles. The van der Waals surface area contributed by atoms with Crippen molar-refractivity contribution in [1.29, 1.82) is 0 Å². The van der Waals surface area contributed by atoms with Gasteiger partial charge in [0, 0.05) is 30.1 Å². The van der Waals surface area contributed by atoms with Crippen LogP contribution in [0, 0.1) is 6.92 Å². The van der Waals surface area contributed by atoms with Gasteiger partial charge in [-0.3, -0.25) is 14.4 Å². The number of nitrogens with zero attached hydrogens (tertiary/aromatic N) is 2. The molecule has 3 amide bonds. The predicted octanol–water partition coefficient (Wildman–Crippen LogP) is 4.65. The summed E-state index contributed by atoms with van der Waals surface area (Å²) in [5.41, 5.74) is 1.55. The number of aromatic nitrogens is 1. The Labute approximate surface area is 209 Å². The zero-order valence-electron chi connectivity index (χ0n) is 20.0. The number of pyridine rings is 1. The number of hydrogen-bond acceptors (Lipinski definition) is 5. The van der Waals surface area contributed by atoms with E-state index in [9.17, 15) is 14.4 Å². The van der Waals surface area contributed by atoms with Crippen LogP contribution >= 0.6 is 11.6 Å². The Hall–Kier alpha value is -3.65. The molecule has 1 unspecified atom stereocenters. The van der Waals surface area contributed by atoms with Gasteiger partial charge in [0.15, 0.2) is 0 Å². The van der Waals surface area contributed by atoms with E-state index in [1.807, 2.05) is 26.8 Å². The Morgan fingerprint density at radius 2 is 1.83 bits per heavy atom. The van der Waals surface area contributed by atoms with Crippen LogP contribution < -0.4 is 10.6 Å². The van der Waals surface area contributed by atoms with Crippen molar-refractivity contribution in [3.63, 3.8) is 0 Å². The van der Waals surface area contributed by atoms with Gasteiger partial charge in [0.1, 0.15) is 17.6 Å². The van der Waals surface area contributed by atoms with Gasteiger partial charge in [-0.25, -0.2) is 4.98 Å². The molecule has 0 bridgehead atoms. The number of benzene rings is 1. The first-order valence-corrected chi connectivity index (χ1v) is 11.7. The zero-order chi connectivity index (χ0) is 25.4. The standard InChI is InChI=1S/C26H29ClN4O4/c1-17(2)29-26(34)25(19-6-8-20(27)9-7-19)31(16-21-5-4-14-35-21)24(33)11-10-23(32)30-22-15-18(3)12-13-28-22/h4-9,12-15,17,25H,10-11,16H2,1-3H3,(H,29,34)(H,28,30,32). The molecule has 2 N–H and O–H groups in total. The molecule has 0 saturated heterocycles. The van der Waals surface area contributed by atoms with Gasteiger partial charge in [-0.1, -0.05) is 23.7 Å². The Kier molecular flexibility index (Phi) is 9.03. The number of carbonyl (C=O) groups excluding carboxylic acids is 3. The van der Waals surface area contributed by atoms with E-state index in [2.05, 4.69) is 15.6 Å². The van der Waals surface area contributed by atoms with Gasteiger partial charge in [0.05, 0.1) is 12.8 Å². The van der Waals surface area contributed by atoms with Gasteiger partial charge in [-0.15, -0.1) is 0 Å². The fraction of sp³-hybridized carbons (Fsp3) is 0.308. The van der Waals surface area contributed by atoms with Crippen LogP contribution in [0.1, 0.15) is 49.6 Å². The summed E-state index contributed by atoms with van der Waals surface area (Å²) in [6, 6.07) is 12.7. The van der Waals surface area contributed by atoms with Gasteiger partial charge < -0.3 is 20.0 Å². The molecule has 35 heavy (non-hydrogen) atoms. The quantitative estimate of drug-likeness (QED) is 0.425. The summed E-state index contributed by atoms with van der Waals surface area (Å²) in [6.07, 6.45) is 2.94. The van der Waals surface area contributed by atoms with Crippen molar-refractivity contribution >= 4 is 35.1 Å². The van der Waals surface area contributed by atoms with Crippen LogP contribution in [-0.2, 0) is 20.9 Å². The second-order valence-corrected chi connectivity index (χ2v) is 8.92. The number of furan rings is 1. The monoisotopic (exact) mass is 496 g/mol. The van der Waals surface area contributed by atoms with E-state index in [1.54, 1.807) is 48.7 Å². The molecule has 0 aliphatic heterocycles. The highest BCUT2D eigenvalue weighted by molar-refractivity contribution is 6.30. The van der Waals surface area contributed by atoms with Crippen LogP contribution in [0.15, 0.2) is 65.4 Å².